The average Bonchev–Trinajstić information content (AvgIpc) is 2.97. The Labute approximate surface area is 102 Å². The Bertz CT molecular complexity index is 358. The van der Waals surface area contributed by atoms with Crippen LogP contribution in [0.4, 0.5) is 0 Å². The number of rotatable bonds is 5. The lowest BCUT2D eigenvalue weighted by molar-refractivity contribution is 0.109. The Morgan fingerprint density at radius 3 is 3.00 bits per heavy atom. The lowest BCUT2D eigenvalue weighted by Crippen LogP contribution is -2.29. The molecule has 1 saturated heterocycles. The van der Waals surface area contributed by atoms with E-state index in [1.165, 1.54) is 0 Å². The number of nitrogens with one attached hydrogen (secondary N) is 1. The van der Waals surface area contributed by atoms with Gasteiger partial charge < -0.3 is 14.6 Å². The summed E-state index contributed by atoms with van der Waals surface area (Å²) in [6.45, 7) is 6.07. The summed E-state index contributed by atoms with van der Waals surface area (Å²) in [4.78, 5) is 4.51. The Morgan fingerprint density at radius 1 is 1.59 bits per heavy atom. The molecule has 0 aromatic carbocycles. The molecule has 2 rings (SSSR count). The molecule has 0 aliphatic carbocycles. The standard InChI is InChI=1S/C12H21N3O2/c1-4-5-12(6-7-13-8-12)11-14-10(15-17-11)9(2)16-3/h9,13H,4-8H2,1-3H3. The summed E-state index contributed by atoms with van der Waals surface area (Å²) in [5.41, 5.74) is 0.0352. The predicted molar refractivity (Wildman–Crippen MR) is 63.8 cm³/mol. The van der Waals surface area contributed by atoms with Crippen molar-refractivity contribution in [3.05, 3.63) is 11.7 Å². The first-order chi connectivity index (χ1) is 8.22. The Kier molecular flexibility index (Phi) is 3.79. The fourth-order valence-corrected chi connectivity index (χ4v) is 2.45. The van der Waals surface area contributed by atoms with Gasteiger partial charge in [-0.05, 0) is 26.3 Å². The maximum Gasteiger partial charge on any atom is 0.234 e. The molecular formula is C12H21N3O2. The van der Waals surface area contributed by atoms with E-state index in [1.54, 1.807) is 7.11 Å². The summed E-state index contributed by atoms with van der Waals surface area (Å²) < 4.78 is 10.7. The summed E-state index contributed by atoms with van der Waals surface area (Å²) in [6, 6.07) is 0. The first kappa shape index (κ1) is 12.5. The minimum atomic E-state index is -0.111. The van der Waals surface area contributed by atoms with Crippen molar-refractivity contribution in [3.8, 4) is 0 Å². The first-order valence-corrected chi connectivity index (χ1v) is 6.29. The largest absolute Gasteiger partial charge is 0.374 e. The topological polar surface area (TPSA) is 60.2 Å². The van der Waals surface area contributed by atoms with Crippen LogP contribution in [0.3, 0.4) is 0 Å². The number of aromatic nitrogens is 2. The zero-order chi connectivity index (χ0) is 12.3. The monoisotopic (exact) mass is 239 g/mol. The third kappa shape index (κ3) is 2.35. The first-order valence-electron chi connectivity index (χ1n) is 6.29. The van der Waals surface area contributed by atoms with Gasteiger partial charge in [-0.1, -0.05) is 18.5 Å². The fraction of sp³-hybridized carbons (Fsp3) is 0.833. The van der Waals surface area contributed by atoms with Crippen LogP contribution in [-0.4, -0.2) is 30.3 Å². The molecular weight excluding hydrogens is 218 g/mol. The molecule has 0 spiro atoms. The second-order valence-electron chi connectivity index (χ2n) is 4.79. The fourth-order valence-electron chi connectivity index (χ4n) is 2.45. The SMILES string of the molecule is CCCC1(c2nc(C(C)OC)no2)CCNC1. The van der Waals surface area contributed by atoms with E-state index in [-0.39, 0.29) is 11.5 Å². The molecule has 0 bridgehead atoms. The van der Waals surface area contributed by atoms with Gasteiger partial charge in [-0.25, -0.2) is 0 Å². The molecule has 0 amide bonds. The van der Waals surface area contributed by atoms with Crippen molar-refractivity contribution in [3.63, 3.8) is 0 Å². The molecule has 2 atom stereocenters. The second-order valence-corrected chi connectivity index (χ2v) is 4.79. The van der Waals surface area contributed by atoms with Crippen LogP contribution in [0.25, 0.3) is 0 Å². The highest BCUT2D eigenvalue weighted by molar-refractivity contribution is 5.10. The molecule has 1 fully saturated rings. The van der Waals surface area contributed by atoms with Crippen molar-refractivity contribution in [2.75, 3.05) is 20.2 Å². The summed E-state index contributed by atoms with van der Waals surface area (Å²) in [5, 5.41) is 7.41. The van der Waals surface area contributed by atoms with E-state index in [2.05, 4.69) is 22.4 Å². The Balaban J connectivity index is 2.22. The minimum absolute atomic E-state index is 0.0352. The van der Waals surface area contributed by atoms with E-state index in [0.29, 0.717) is 5.82 Å². The highest BCUT2D eigenvalue weighted by Gasteiger charge is 2.40. The van der Waals surface area contributed by atoms with Crippen LogP contribution in [0, 0.1) is 0 Å². The molecule has 0 saturated carbocycles. The van der Waals surface area contributed by atoms with Crippen molar-refractivity contribution in [1.82, 2.24) is 15.5 Å². The molecule has 1 aromatic rings. The maximum absolute atomic E-state index is 5.45. The summed E-state index contributed by atoms with van der Waals surface area (Å²) >= 11 is 0. The quantitative estimate of drug-likeness (QED) is 0.849. The normalized spacial score (nSPS) is 26.3. The van der Waals surface area contributed by atoms with Gasteiger partial charge in [0.15, 0.2) is 5.82 Å². The lowest BCUT2D eigenvalue weighted by atomic mass is 9.82. The number of hydrogen-bond acceptors (Lipinski definition) is 5. The van der Waals surface area contributed by atoms with Gasteiger partial charge in [0, 0.05) is 13.7 Å². The van der Waals surface area contributed by atoms with Gasteiger partial charge in [0.1, 0.15) is 6.10 Å². The van der Waals surface area contributed by atoms with Gasteiger partial charge in [0.25, 0.3) is 0 Å². The highest BCUT2D eigenvalue weighted by atomic mass is 16.5. The van der Waals surface area contributed by atoms with E-state index >= 15 is 0 Å². The predicted octanol–water partition coefficient (Wildman–Crippen LogP) is 1.81. The molecule has 17 heavy (non-hydrogen) atoms. The van der Waals surface area contributed by atoms with E-state index in [4.69, 9.17) is 9.26 Å². The third-order valence-electron chi connectivity index (χ3n) is 3.58. The molecule has 96 valence electrons. The van der Waals surface area contributed by atoms with Crippen LogP contribution in [0.2, 0.25) is 0 Å². The number of methoxy groups -OCH3 is 1. The molecule has 1 aliphatic rings. The Morgan fingerprint density at radius 2 is 2.41 bits per heavy atom. The van der Waals surface area contributed by atoms with Crippen molar-refractivity contribution in [2.45, 2.75) is 44.6 Å². The van der Waals surface area contributed by atoms with E-state index in [1.807, 2.05) is 6.92 Å². The number of ether oxygens (including phenoxy) is 1. The van der Waals surface area contributed by atoms with Crippen LogP contribution >= 0.6 is 0 Å². The van der Waals surface area contributed by atoms with E-state index < -0.39 is 0 Å². The maximum atomic E-state index is 5.45. The van der Waals surface area contributed by atoms with Crippen LogP contribution in [0.5, 0.6) is 0 Å². The summed E-state index contributed by atoms with van der Waals surface area (Å²) in [6.07, 6.45) is 3.17. The van der Waals surface area contributed by atoms with Crippen LogP contribution in [-0.2, 0) is 10.2 Å². The van der Waals surface area contributed by atoms with Gasteiger partial charge >= 0.3 is 0 Å². The van der Waals surface area contributed by atoms with Gasteiger partial charge in [0.2, 0.25) is 5.89 Å². The zero-order valence-corrected chi connectivity index (χ0v) is 10.8. The second kappa shape index (κ2) is 5.14. The van der Waals surface area contributed by atoms with Crippen molar-refractivity contribution in [1.29, 1.82) is 0 Å². The summed E-state index contributed by atoms with van der Waals surface area (Å²) in [7, 11) is 1.65. The molecule has 1 aliphatic heterocycles. The molecule has 5 heteroatoms. The van der Waals surface area contributed by atoms with Gasteiger partial charge in [-0.3, -0.25) is 0 Å². The van der Waals surface area contributed by atoms with Crippen molar-refractivity contribution < 1.29 is 9.26 Å². The number of nitrogens with zero attached hydrogens (tertiary/aromatic N) is 2. The number of hydrogen-bond donors (Lipinski definition) is 1. The van der Waals surface area contributed by atoms with E-state index in [0.717, 1.165) is 38.2 Å². The minimum Gasteiger partial charge on any atom is -0.374 e. The molecule has 2 heterocycles. The van der Waals surface area contributed by atoms with Gasteiger partial charge in [-0.2, -0.15) is 4.98 Å². The lowest BCUT2D eigenvalue weighted by Gasteiger charge is -2.22. The molecule has 2 unspecified atom stereocenters. The van der Waals surface area contributed by atoms with Gasteiger partial charge in [-0.15, -0.1) is 0 Å². The molecule has 1 N–H and O–H groups in total. The summed E-state index contributed by atoms with van der Waals surface area (Å²) in [5.74, 6) is 1.41. The van der Waals surface area contributed by atoms with Crippen LogP contribution < -0.4 is 5.32 Å². The average molecular weight is 239 g/mol. The highest BCUT2D eigenvalue weighted by Crippen LogP contribution is 2.34. The molecule has 0 radical (unpaired) electrons. The van der Waals surface area contributed by atoms with Crippen molar-refractivity contribution in [2.24, 2.45) is 0 Å². The smallest absolute Gasteiger partial charge is 0.234 e. The third-order valence-corrected chi connectivity index (χ3v) is 3.58. The molecule has 5 nitrogen and oxygen atoms in total. The van der Waals surface area contributed by atoms with Crippen LogP contribution in [0.15, 0.2) is 4.52 Å². The Hall–Kier alpha value is -0.940. The molecule has 1 aromatic heterocycles. The van der Waals surface area contributed by atoms with Crippen LogP contribution in [0.1, 0.15) is 50.9 Å². The van der Waals surface area contributed by atoms with Crippen molar-refractivity contribution >= 4 is 0 Å². The zero-order valence-electron chi connectivity index (χ0n) is 10.8. The van der Waals surface area contributed by atoms with Gasteiger partial charge in [0.05, 0.1) is 5.41 Å². The van der Waals surface area contributed by atoms with E-state index in [9.17, 15) is 0 Å².